The number of nitrogens with one attached hydrogen (secondary N) is 1. The smallest absolute Gasteiger partial charge is 0.362 e. The number of ether oxygens (including phenoxy) is 1. The molecular formula is C31H24Cl3F4N5O4S. The molecule has 48 heavy (non-hydrogen) atoms. The maximum Gasteiger partial charge on any atom is 0.362 e. The van der Waals surface area contributed by atoms with Gasteiger partial charge in [0.05, 0.1) is 41.4 Å². The molecule has 0 spiro atoms. The Morgan fingerprint density at radius 2 is 1.83 bits per heavy atom. The van der Waals surface area contributed by atoms with E-state index < -0.39 is 52.2 Å². The number of carbonyl (C=O) groups excluding carboxylic acids is 2. The lowest BCUT2D eigenvalue weighted by atomic mass is 9.99. The Bertz CT molecular complexity index is 1930. The summed E-state index contributed by atoms with van der Waals surface area (Å²) in [5.41, 5.74) is -2.61. The van der Waals surface area contributed by atoms with Crippen molar-refractivity contribution in [2.24, 2.45) is 0 Å². The normalized spacial score (nSPS) is 17.9. The predicted molar refractivity (Wildman–Crippen MR) is 170 cm³/mol. The molecule has 17 heteroatoms. The van der Waals surface area contributed by atoms with Crippen LogP contribution in [-0.4, -0.2) is 53.0 Å². The van der Waals surface area contributed by atoms with Gasteiger partial charge in [-0.25, -0.2) is 13.6 Å². The van der Waals surface area contributed by atoms with Crippen molar-refractivity contribution >= 4 is 64.2 Å². The molecule has 6 rings (SSSR count). The Balaban J connectivity index is 1.44. The molecule has 3 amide bonds. The molecule has 1 aromatic heterocycles. The Morgan fingerprint density at radius 3 is 2.44 bits per heavy atom. The number of carbonyl (C=O) groups is 2. The zero-order chi connectivity index (χ0) is 34.7. The number of alkyl halides is 3. The number of aromatic amines is 1. The molecule has 2 fully saturated rings. The number of fused-ring (bicyclic) bond motifs is 1. The molecule has 1 unspecified atom stereocenters. The number of hydrogen-bond donors (Lipinski definition) is 1. The minimum absolute atomic E-state index is 0.0478. The summed E-state index contributed by atoms with van der Waals surface area (Å²) in [6.07, 6.45) is 1.98. The summed E-state index contributed by atoms with van der Waals surface area (Å²) >= 11 is 18.1. The number of anilines is 1. The highest BCUT2D eigenvalue weighted by atomic mass is 35.5. The topological polar surface area (TPSA) is 110 Å². The molecule has 3 heterocycles. The molecule has 9 nitrogen and oxygen atoms in total. The number of aromatic nitrogens is 1. The highest BCUT2D eigenvalue weighted by Gasteiger charge is 2.43. The summed E-state index contributed by atoms with van der Waals surface area (Å²) in [6.45, 7) is 0.556. The summed E-state index contributed by atoms with van der Waals surface area (Å²) in [5, 5.41) is 5.19. The van der Waals surface area contributed by atoms with Crippen LogP contribution in [0.2, 0.25) is 10.0 Å². The van der Waals surface area contributed by atoms with Gasteiger partial charge in [-0.15, -0.1) is 0 Å². The molecule has 1 atom stereocenters. The standard InChI is InChI=1S/C31H24Cl3F4N5O4S/c1-47-26-20(42-8-2-7-41(30(42)46)16-3-4-16)9-14-13-43(19(5-6-39)23(14)25(26)36)29(45)24-21(12-22(31(34,37)38)40-28(24)44)48-27-17(32)10-15(35)11-18(27)33/h9-12,16,19H,2-5,7-8,13H2,1H3,(H,40,44). The van der Waals surface area contributed by atoms with Gasteiger partial charge in [-0.05, 0) is 60.7 Å². The molecule has 1 saturated carbocycles. The lowest BCUT2D eigenvalue weighted by molar-refractivity contribution is 0.0682. The summed E-state index contributed by atoms with van der Waals surface area (Å²) in [5.74, 6) is -2.97. The SMILES string of the molecule is COc1c(N2CCCN(C3CC3)C2=O)cc2c(c1F)C(CC#N)N(C(=O)c1c(Sc3c(Cl)cc(F)cc3Cl)cc(C(F)(F)Cl)[nH]c1=O)C2. The van der Waals surface area contributed by atoms with Crippen LogP contribution < -0.4 is 15.2 Å². The summed E-state index contributed by atoms with van der Waals surface area (Å²) in [7, 11) is 1.24. The molecular weight excluding hydrogens is 721 g/mol. The van der Waals surface area contributed by atoms with Crippen molar-refractivity contribution in [1.82, 2.24) is 14.8 Å². The van der Waals surface area contributed by atoms with Gasteiger partial charge in [0.1, 0.15) is 17.1 Å². The average Bonchev–Trinajstić information content (AvgIpc) is 3.79. The van der Waals surface area contributed by atoms with Crippen LogP contribution in [0, 0.1) is 23.0 Å². The molecule has 0 radical (unpaired) electrons. The van der Waals surface area contributed by atoms with Crippen LogP contribution in [0.1, 0.15) is 58.9 Å². The van der Waals surface area contributed by atoms with Crippen molar-refractivity contribution in [1.29, 1.82) is 5.26 Å². The zero-order valence-electron chi connectivity index (χ0n) is 24.9. The second kappa shape index (κ2) is 13.0. The third-order valence-electron chi connectivity index (χ3n) is 8.35. The van der Waals surface area contributed by atoms with Crippen molar-refractivity contribution in [3.63, 3.8) is 0 Å². The zero-order valence-corrected chi connectivity index (χ0v) is 28.0. The molecule has 252 valence electrons. The van der Waals surface area contributed by atoms with Crippen molar-refractivity contribution in [2.75, 3.05) is 25.1 Å². The number of nitriles is 1. The minimum atomic E-state index is -4.06. The number of amides is 3. The second-order valence-electron chi connectivity index (χ2n) is 11.4. The lowest BCUT2D eigenvalue weighted by Gasteiger charge is -2.36. The highest BCUT2D eigenvalue weighted by molar-refractivity contribution is 7.99. The number of halogens is 7. The Kier molecular flexibility index (Phi) is 9.27. The Morgan fingerprint density at radius 1 is 1.15 bits per heavy atom. The van der Waals surface area contributed by atoms with E-state index >= 15 is 4.39 Å². The fourth-order valence-electron chi connectivity index (χ4n) is 6.08. The molecule has 2 aromatic carbocycles. The van der Waals surface area contributed by atoms with Gasteiger partial charge in [0, 0.05) is 41.0 Å². The first-order chi connectivity index (χ1) is 22.7. The van der Waals surface area contributed by atoms with Crippen LogP contribution in [0.5, 0.6) is 5.75 Å². The van der Waals surface area contributed by atoms with Crippen molar-refractivity contribution in [3.05, 3.63) is 78.7 Å². The van der Waals surface area contributed by atoms with Crippen molar-refractivity contribution < 1.29 is 31.9 Å². The fourth-order valence-corrected chi connectivity index (χ4v) is 7.86. The van der Waals surface area contributed by atoms with Gasteiger partial charge in [0.25, 0.3) is 11.5 Å². The third kappa shape index (κ3) is 6.17. The van der Waals surface area contributed by atoms with E-state index in [-0.39, 0.29) is 61.0 Å². The predicted octanol–water partition coefficient (Wildman–Crippen LogP) is 7.81. The summed E-state index contributed by atoms with van der Waals surface area (Å²) < 4.78 is 64.2. The first-order valence-electron chi connectivity index (χ1n) is 14.6. The number of nitrogens with zero attached hydrogens (tertiary/aromatic N) is 4. The fraction of sp³-hybridized carbons (Fsp3) is 0.355. The van der Waals surface area contributed by atoms with Gasteiger partial charge >= 0.3 is 11.4 Å². The number of benzene rings is 2. The monoisotopic (exact) mass is 743 g/mol. The number of methoxy groups -OCH3 is 1. The molecule has 1 aliphatic carbocycles. The molecule has 3 aliphatic rings. The van der Waals surface area contributed by atoms with Gasteiger partial charge in [-0.3, -0.25) is 14.5 Å². The molecule has 0 bridgehead atoms. The van der Waals surface area contributed by atoms with Crippen LogP contribution in [0.15, 0.2) is 38.9 Å². The van der Waals surface area contributed by atoms with Gasteiger partial charge in [0.2, 0.25) is 0 Å². The molecule has 2 aliphatic heterocycles. The van der Waals surface area contributed by atoms with E-state index in [1.54, 1.807) is 4.90 Å². The summed E-state index contributed by atoms with van der Waals surface area (Å²) in [6, 6.07) is 4.62. The minimum Gasteiger partial charge on any atom is -0.492 e. The number of urea groups is 1. The van der Waals surface area contributed by atoms with E-state index in [9.17, 15) is 32.8 Å². The number of H-pyrrole nitrogens is 1. The first kappa shape index (κ1) is 34.2. The first-order valence-corrected chi connectivity index (χ1v) is 16.5. The van der Waals surface area contributed by atoms with Gasteiger partial charge in [0.15, 0.2) is 11.6 Å². The second-order valence-corrected chi connectivity index (χ2v) is 13.7. The van der Waals surface area contributed by atoms with Gasteiger partial charge in [-0.1, -0.05) is 35.0 Å². The Labute approximate surface area is 290 Å². The van der Waals surface area contributed by atoms with Crippen LogP contribution in [0.3, 0.4) is 0 Å². The largest absolute Gasteiger partial charge is 0.492 e. The lowest BCUT2D eigenvalue weighted by Crippen LogP contribution is -2.50. The average molecular weight is 745 g/mol. The van der Waals surface area contributed by atoms with E-state index in [0.29, 0.717) is 31.3 Å². The van der Waals surface area contributed by atoms with Crippen LogP contribution in [0.25, 0.3) is 0 Å². The van der Waals surface area contributed by atoms with Crippen LogP contribution in [0.4, 0.5) is 28.0 Å². The van der Waals surface area contributed by atoms with Crippen LogP contribution >= 0.6 is 46.6 Å². The number of hydrogen-bond acceptors (Lipinski definition) is 6. The quantitative estimate of drug-likeness (QED) is 0.186. The maximum absolute atomic E-state index is 16.4. The van der Waals surface area contributed by atoms with E-state index in [4.69, 9.17) is 39.5 Å². The third-order valence-corrected chi connectivity index (χ3v) is 10.6. The van der Waals surface area contributed by atoms with E-state index in [1.165, 1.54) is 18.1 Å². The van der Waals surface area contributed by atoms with Gasteiger partial charge < -0.3 is 19.5 Å². The van der Waals surface area contributed by atoms with E-state index in [0.717, 1.165) is 35.9 Å². The number of rotatable bonds is 8. The van der Waals surface area contributed by atoms with E-state index in [1.807, 2.05) is 11.1 Å². The molecule has 1 N–H and O–H groups in total. The number of pyridine rings is 1. The maximum atomic E-state index is 16.4. The van der Waals surface area contributed by atoms with Gasteiger partial charge in [-0.2, -0.15) is 14.0 Å². The van der Waals surface area contributed by atoms with E-state index in [2.05, 4.69) is 0 Å². The van der Waals surface area contributed by atoms with Crippen LogP contribution in [-0.2, 0) is 11.9 Å². The Hall–Kier alpha value is -3.64. The molecule has 1 saturated heterocycles. The summed E-state index contributed by atoms with van der Waals surface area (Å²) in [4.78, 5) is 46.8. The van der Waals surface area contributed by atoms with Crippen molar-refractivity contribution in [2.45, 2.75) is 59.5 Å². The molecule has 3 aromatic rings. The highest BCUT2D eigenvalue weighted by Crippen LogP contribution is 2.48. The van der Waals surface area contributed by atoms with Crippen molar-refractivity contribution in [3.8, 4) is 11.8 Å².